The lowest BCUT2D eigenvalue weighted by molar-refractivity contribution is 0.0690. The second kappa shape index (κ2) is 7.18. The minimum absolute atomic E-state index is 0.0646. The van der Waals surface area contributed by atoms with Gasteiger partial charge in [0.15, 0.2) is 11.5 Å². The lowest BCUT2D eigenvalue weighted by atomic mass is 9.97. The molecule has 3 aromatic heterocycles. The van der Waals surface area contributed by atoms with Gasteiger partial charge in [0.25, 0.3) is 0 Å². The van der Waals surface area contributed by atoms with Crippen LogP contribution in [-0.4, -0.2) is 53.7 Å². The highest BCUT2D eigenvalue weighted by Gasteiger charge is 2.27. The Kier molecular flexibility index (Phi) is 4.57. The van der Waals surface area contributed by atoms with Crippen LogP contribution in [0.2, 0.25) is 0 Å². The summed E-state index contributed by atoms with van der Waals surface area (Å²) in [6.45, 7) is 2.17. The molecule has 1 aliphatic heterocycles. The Bertz CT molecular complexity index is 935. The molecule has 4 heterocycles. The van der Waals surface area contributed by atoms with Gasteiger partial charge < -0.3 is 14.6 Å². The summed E-state index contributed by atoms with van der Waals surface area (Å²) in [5.74, 6) is 1.70. The van der Waals surface area contributed by atoms with Crippen molar-refractivity contribution in [1.29, 1.82) is 0 Å². The molecular weight excluding hydrogens is 346 g/mol. The van der Waals surface area contributed by atoms with Crippen molar-refractivity contribution in [3.63, 3.8) is 0 Å². The number of pyridine rings is 1. The normalized spacial score (nSPS) is 17.2. The fourth-order valence-electron chi connectivity index (χ4n) is 3.52. The predicted molar refractivity (Wildman–Crippen MR) is 97.7 cm³/mol. The number of nitrogens with zero attached hydrogens (tertiary/aromatic N) is 7. The third-order valence-corrected chi connectivity index (χ3v) is 4.93. The van der Waals surface area contributed by atoms with Crippen LogP contribution in [0.15, 0.2) is 36.7 Å². The number of aromatic nitrogens is 6. The summed E-state index contributed by atoms with van der Waals surface area (Å²) in [4.78, 5) is 17.6. The van der Waals surface area contributed by atoms with Crippen LogP contribution in [0.4, 0.5) is 5.82 Å². The largest absolute Gasteiger partial charge is 0.477 e. The molecule has 0 spiro atoms. The highest BCUT2D eigenvalue weighted by Crippen LogP contribution is 2.28. The first-order chi connectivity index (χ1) is 13.1. The Hall–Kier alpha value is -3.23. The molecule has 27 heavy (non-hydrogen) atoms. The molecule has 0 amide bonds. The molecule has 1 saturated heterocycles. The molecule has 0 aromatic carbocycles. The van der Waals surface area contributed by atoms with E-state index in [4.69, 9.17) is 0 Å². The van der Waals surface area contributed by atoms with E-state index < -0.39 is 5.97 Å². The molecule has 1 aliphatic rings. The van der Waals surface area contributed by atoms with Gasteiger partial charge in [-0.15, -0.1) is 10.2 Å². The Labute approximate surface area is 156 Å². The van der Waals surface area contributed by atoms with E-state index in [9.17, 15) is 9.90 Å². The summed E-state index contributed by atoms with van der Waals surface area (Å²) in [5, 5.41) is 22.2. The third kappa shape index (κ3) is 3.53. The molecule has 0 saturated carbocycles. The van der Waals surface area contributed by atoms with Crippen molar-refractivity contribution in [2.24, 2.45) is 7.05 Å². The average molecular weight is 367 g/mol. The third-order valence-electron chi connectivity index (χ3n) is 4.93. The maximum atomic E-state index is 11.2. The summed E-state index contributed by atoms with van der Waals surface area (Å²) in [6.07, 6.45) is 5.65. The first-order valence-corrected chi connectivity index (χ1v) is 8.92. The van der Waals surface area contributed by atoms with Crippen molar-refractivity contribution < 1.29 is 9.90 Å². The molecule has 0 unspecified atom stereocenters. The maximum Gasteiger partial charge on any atom is 0.354 e. The average Bonchev–Trinajstić information content (AvgIpc) is 3.33. The second-order valence-electron chi connectivity index (χ2n) is 6.71. The zero-order valence-electron chi connectivity index (χ0n) is 15.1. The van der Waals surface area contributed by atoms with Crippen LogP contribution < -0.4 is 4.90 Å². The van der Waals surface area contributed by atoms with Crippen molar-refractivity contribution >= 4 is 11.8 Å². The quantitative estimate of drug-likeness (QED) is 0.730. The van der Waals surface area contributed by atoms with E-state index in [1.807, 2.05) is 34.6 Å². The predicted octanol–water partition coefficient (Wildman–Crippen LogP) is 1.54. The maximum absolute atomic E-state index is 11.2. The Morgan fingerprint density at radius 3 is 2.96 bits per heavy atom. The topological polar surface area (TPSA) is 102 Å². The minimum Gasteiger partial charge on any atom is -0.477 e. The molecule has 4 rings (SSSR count). The van der Waals surface area contributed by atoms with Gasteiger partial charge in [0.05, 0.1) is 0 Å². The first-order valence-electron chi connectivity index (χ1n) is 8.92. The van der Waals surface area contributed by atoms with Crippen molar-refractivity contribution in [2.75, 3.05) is 18.0 Å². The smallest absolute Gasteiger partial charge is 0.354 e. The number of hydrogen-bond donors (Lipinski definition) is 1. The van der Waals surface area contributed by atoms with Crippen LogP contribution in [0.3, 0.4) is 0 Å². The van der Waals surface area contributed by atoms with E-state index in [0.717, 1.165) is 37.6 Å². The summed E-state index contributed by atoms with van der Waals surface area (Å²) in [7, 11) is 1.98. The van der Waals surface area contributed by atoms with Gasteiger partial charge in [0, 0.05) is 38.4 Å². The number of aromatic carboxylic acids is 1. The van der Waals surface area contributed by atoms with Gasteiger partial charge in [0.1, 0.15) is 18.2 Å². The van der Waals surface area contributed by atoms with Gasteiger partial charge in [-0.3, -0.25) is 4.68 Å². The van der Waals surface area contributed by atoms with Gasteiger partial charge in [-0.25, -0.2) is 9.78 Å². The molecule has 9 nitrogen and oxygen atoms in total. The molecule has 0 aliphatic carbocycles. The number of carbonyl (C=O) groups is 1. The molecular formula is C18H21N7O2. The zero-order chi connectivity index (χ0) is 18.8. The summed E-state index contributed by atoms with van der Waals surface area (Å²) in [6, 6.07) is 6.99. The van der Waals surface area contributed by atoms with E-state index in [-0.39, 0.29) is 11.6 Å². The van der Waals surface area contributed by atoms with E-state index in [2.05, 4.69) is 25.2 Å². The molecule has 9 heteroatoms. The van der Waals surface area contributed by atoms with E-state index in [0.29, 0.717) is 12.4 Å². The fraction of sp³-hybridized carbons (Fsp3) is 0.389. The highest BCUT2D eigenvalue weighted by molar-refractivity contribution is 5.85. The molecule has 1 N–H and O–H groups in total. The Morgan fingerprint density at radius 1 is 1.30 bits per heavy atom. The SMILES string of the molecule is Cn1c(Cn2cccn2)nnc1[C@H]1CCCN(c2cccc(C(=O)O)n2)C1. The van der Waals surface area contributed by atoms with Crippen molar-refractivity contribution in [1.82, 2.24) is 29.5 Å². The van der Waals surface area contributed by atoms with Crippen LogP contribution in [0.25, 0.3) is 0 Å². The van der Waals surface area contributed by atoms with E-state index in [1.165, 1.54) is 6.07 Å². The van der Waals surface area contributed by atoms with Crippen LogP contribution in [-0.2, 0) is 13.6 Å². The molecule has 1 fully saturated rings. The monoisotopic (exact) mass is 367 g/mol. The lowest BCUT2D eigenvalue weighted by Gasteiger charge is -2.33. The van der Waals surface area contributed by atoms with E-state index in [1.54, 1.807) is 12.3 Å². The van der Waals surface area contributed by atoms with Gasteiger partial charge in [0.2, 0.25) is 0 Å². The molecule has 140 valence electrons. The highest BCUT2D eigenvalue weighted by atomic mass is 16.4. The van der Waals surface area contributed by atoms with Gasteiger partial charge in [-0.1, -0.05) is 6.07 Å². The standard InChI is InChI=1S/C18H21N7O2/c1-23-16(12-25-10-4-8-19-25)21-22-17(23)13-5-3-9-24(11-13)15-7-2-6-14(20-15)18(26)27/h2,4,6-8,10,13H,3,5,9,11-12H2,1H3,(H,26,27)/t13-/m0/s1. The number of carboxylic acid groups (broad SMARTS) is 1. The molecule has 3 aromatic rings. The van der Waals surface area contributed by atoms with Crippen LogP contribution in [0.1, 0.15) is 40.9 Å². The first kappa shape index (κ1) is 17.2. The summed E-state index contributed by atoms with van der Waals surface area (Å²) >= 11 is 0. The summed E-state index contributed by atoms with van der Waals surface area (Å²) in [5.41, 5.74) is 0.0646. The minimum atomic E-state index is -1.01. The Morgan fingerprint density at radius 2 is 2.19 bits per heavy atom. The van der Waals surface area contributed by atoms with Gasteiger partial charge in [-0.05, 0) is 31.0 Å². The fourth-order valence-corrected chi connectivity index (χ4v) is 3.52. The van der Waals surface area contributed by atoms with Crippen molar-refractivity contribution in [3.05, 3.63) is 54.0 Å². The number of piperidine rings is 1. The number of carboxylic acids is 1. The van der Waals surface area contributed by atoms with Gasteiger partial charge >= 0.3 is 5.97 Å². The van der Waals surface area contributed by atoms with Crippen molar-refractivity contribution in [3.8, 4) is 0 Å². The van der Waals surface area contributed by atoms with Crippen molar-refractivity contribution in [2.45, 2.75) is 25.3 Å². The molecule has 0 bridgehead atoms. The van der Waals surface area contributed by atoms with Gasteiger partial charge in [-0.2, -0.15) is 5.10 Å². The Balaban J connectivity index is 1.52. The molecule has 0 radical (unpaired) electrons. The van der Waals surface area contributed by atoms with Crippen LogP contribution in [0.5, 0.6) is 0 Å². The van der Waals surface area contributed by atoms with Crippen LogP contribution >= 0.6 is 0 Å². The van der Waals surface area contributed by atoms with E-state index >= 15 is 0 Å². The molecule has 1 atom stereocenters. The number of rotatable bonds is 5. The summed E-state index contributed by atoms with van der Waals surface area (Å²) < 4.78 is 3.86. The second-order valence-corrected chi connectivity index (χ2v) is 6.71. The zero-order valence-corrected chi connectivity index (χ0v) is 15.1. The number of hydrogen-bond acceptors (Lipinski definition) is 6. The van der Waals surface area contributed by atoms with Crippen LogP contribution in [0, 0.1) is 0 Å². The lowest BCUT2D eigenvalue weighted by Crippen LogP contribution is -2.36. The number of anilines is 1.